The quantitative estimate of drug-likeness (QED) is 0.734. The van der Waals surface area contributed by atoms with Gasteiger partial charge in [-0.2, -0.15) is 0 Å². The van der Waals surface area contributed by atoms with E-state index in [1.807, 2.05) is 24.5 Å². The van der Waals surface area contributed by atoms with E-state index in [0.717, 1.165) is 16.2 Å². The van der Waals surface area contributed by atoms with Gasteiger partial charge in [0.2, 0.25) is 0 Å². The smallest absolute Gasteiger partial charge is 0.399 e. The van der Waals surface area contributed by atoms with Crippen LogP contribution >= 0.6 is 0 Å². The van der Waals surface area contributed by atoms with Crippen molar-refractivity contribution in [3.63, 3.8) is 0 Å². The lowest BCUT2D eigenvalue weighted by Gasteiger charge is -2.32. The Morgan fingerprint density at radius 1 is 0.947 bits per heavy atom. The molecule has 0 bridgehead atoms. The van der Waals surface area contributed by atoms with Gasteiger partial charge < -0.3 is 9.31 Å². The third-order valence-corrected chi connectivity index (χ3v) is 4.21. The highest BCUT2D eigenvalue weighted by atomic mass is 16.7. The molecule has 0 N–H and O–H groups in total. The molecule has 0 aliphatic carbocycles. The second kappa shape index (κ2) is 4.05. The fourth-order valence-corrected chi connectivity index (χ4v) is 2.30. The summed E-state index contributed by atoms with van der Waals surface area (Å²) in [7, 11) is -0.358. The fraction of sp³-hybridized carbons (Fsp3) is 0.400. The molecule has 98 valence electrons. The first-order chi connectivity index (χ1) is 8.91. The first kappa shape index (κ1) is 12.6. The molecular formula is C15H18BNO2. The van der Waals surface area contributed by atoms with Crippen molar-refractivity contribution >= 4 is 23.4 Å². The van der Waals surface area contributed by atoms with Gasteiger partial charge in [-0.15, -0.1) is 0 Å². The van der Waals surface area contributed by atoms with E-state index in [0.29, 0.717) is 0 Å². The Bertz CT molecular complexity index is 603. The molecule has 0 radical (unpaired) electrons. The highest BCUT2D eigenvalue weighted by Crippen LogP contribution is 2.36. The minimum absolute atomic E-state index is 0.325. The Kier molecular flexibility index (Phi) is 2.70. The number of hydrogen-bond donors (Lipinski definition) is 0. The lowest BCUT2D eigenvalue weighted by atomic mass is 9.77. The van der Waals surface area contributed by atoms with Gasteiger partial charge >= 0.3 is 7.12 Å². The number of aromatic nitrogens is 1. The molecule has 0 saturated carbocycles. The number of fused-ring (bicyclic) bond motifs is 1. The number of pyridine rings is 1. The van der Waals surface area contributed by atoms with Crippen LogP contribution in [-0.2, 0) is 9.31 Å². The Balaban J connectivity index is 2.08. The van der Waals surface area contributed by atoms with E-state index in [1.165, 1.54) is 0 Å². The molecule has 2 aromatic rings. The van der Waals surface area contributed by atoms with Crippen LogP contribution in [0.15, 0.2) is 36.7 Å². The van der Waals surface area contributed by atoms with Gasteiger partial charge in [0.15, 0.2) is 0 Å². The lowest BCUT2D eigenvalue weighted by Crippen LogP contribution is -2.41. The predicted molar refractivity (Wildman–Crippen MR) is 77.5 cm³/mol. The zero-order chi connectivity index (χ0) is 13.7. The van der Waals surface area contributed by atoms with Crippen molar-refractivity contribution in [1.82, 2.24) is 4.98 Å². The van der Waals surface area contributed by atoms with Crippen LogP contribution < -0.4 is 5.46 Å². The summed E-state index contributed by atoms with van der Waals surface area (Å²) in [5.41, 5.74) is 0.347. The van der Waals surface area contributed by atoms with Gasteiger partial charge in [0.05, 0.1) is 11.2 Å². The van der Waals surface area contributed by atoms with Gasteiger partial charge in [-0.3, -0.25) is 4.98 Å². The molecule has 1 aliphatic heterocycles. The van der Waals surface area contributed by atoms with Gasteiger partial charge in [0.1, 0.15) is 0 Å². The van der Waals surface area contributed by atoms with Crippen LogP contribution in [-0.4, -0.2) is 23.3 Å². The summed E-state index contributed by atoms with van der Waals surface area (Å²) < 4.78 is 12.2. The SMILES string of the molecule is CC1(C)OB(c2cncc3ccccc23)OC1(C)C. The lowest BCUT2D eigenvalue weighted by molar-refractivity contribution is 0.00578. The molecular weight excluding hydrogens is 237 g/mol. The maximum absolute atomic E-state index is 6.10. The van der Waals surface area contributed by atoms with Crippen LogP contribution in [0.2, 0.25) is 0 Å². The number of nitrogens with zero attached hydrogens (tertiary/aromatic N) is 1. The molecule has 19 heavy (non-hydrogen) atoms. The average molecular weight is 255 g/mol. The Labute approximate surface area is 114 Å². The summed E-state index contributed by atoms with van der Waals surface area (Å²) in [6.45, 7) is 8.24. The van der Waals surface area contributed by atoms with Gasteiger partial charge in [0, 0.05) is 17.9 Å². The molecule has 3 rings (SSSR count). The van der Waals surface area contributed by atoms with Gasteiger partial charge in [-0.05, 0) is 38.5 Å². The molecule has 1 saturated heterocycles. The number of benzene rings is 1. The van der Waals surface area contributed by atoms with Crippen LogP contribution in [0.1, 0.15) is 27.7 Å². The summed E-state index contributed by atoms with van der Waals surface area (Å²) in [5.74, 6) is 0. The van der Waals surface area contributed by atoms with E-state index in [4.69, 9.17) is 9.31 Å². The van der Waals surface area contributed by atoms with E-state index in [9.17, 15) is 0 Å². The van der Waals surface area contributed by atoms with E-state index >= 15 is 0 Å². The standard InChI is InChI=1S/C15H18BNO2/c1-14(2)15(3,4)19-16(18-14)13-10-17-9-11-7-5-6-8-12(11)13/h5-10H,1-4H3. The van der Waals surface area contributed by atoms with Crippen molar-refractivity contribution in [2.75, 3.05) is 0 Å². The van der Waals surface area contributed by atoms with Crippen LogP contribution in [0.3, 0.4) is 0 Å². The van der Waals surface area contributed by atoms with Crippen molar-refractivity contribution in [2.24, 2.45) is 0 Å². The van der Waals surface area contributed by atoms with Crippen molar-refractivity contribution in [3.05, 3.63) is 36.7 Å². The van der Waals surface area contributed by atoms with Crippen molar-refractivity contribution in [2.45, 2.75) is 38.9 Å². The topological polar surface area (TPSA) is 31.4 Å². The number of rotatable bonds is 1. The summed E-state index contributed by atoms with van der Waals surface area (Å²) in [6.07, 6.45) is 3.70. The summed E-state index contributed by atoms with van der Waals surface area (Å²) in [4.78, 5) is 4.29. The van der Waals surface area contributed by atoms with E-state index < -0.39 is 0 Å². The third kappa shape index (κ3) is 1.95. The molecule has 0 atom stereocenters. The molecule has 2 heterocycles. The predicted octanol–water partition coefficient (Wildman–Crippen LogP) is 2.53. The number of hydrogen-bond acceptors (Lipinski definition) is 3. The summed E-state index contributed by atoms with van der Waals surface area (Å²) >= 11 is 0. The minimum atomic E-state index is -0.358. The van der Waals surface area contributed by atoms with Crippen LogP contribution in [0, 0.1) is 0 Å². The molecule has 0 unspecified atom stereocenters. The largest absolute Gasteiger partial charge is 0.497 e. The molecule has 1 aromatic heterocycles. The highest BCUT2D eigenvalue weighted by molar-refractivity contribution is 6.65. The van der Waals surface area contributed by atoms with E-state index in [-0.39, 0.29) is 18.3 Å². The Hall–Kier alpha value is -1.39. The van der Waals surface area contributed by atoms with Crippen molar-refractivity contribution < 1.29 is 9.31 Å². The molecule has 1 fully saturated rings. The monoisotopic (exact) mass is 255 g/mol. The molecule has 4 heteroatoms. The molecule has 1 aromatic carbocycles. The van der Waals surface area contributed by atoms with E-state index in [1.54, 1.807) is 0 Å². The first-order valence-corrected chi connectivity index (χ1v) is 6.59. The van der Waals surface area contributed by atoms with Crippen LogP contribution in [0.4, 0.5) is 0 Å². The second-order valence-electron chi connectivity index (χ2n) is 6.04. The maximum Gasteiger partial charge on any atom is 0.497 e. The molecule has 0 spiro atoms. The van der Waals surface area contributed by atoms with Gasteiger partial charge in [-0.1, -0.05) is 24.3 Å². The van der Waals surface area contributed by atoms with Crippen molar-refractivity contribution in [1.29, 1.82) is 0 Å². The fourth-order valence-electron chi connectivity index (χ4n) is 2.30. The van der Waals surface area contributed by atoms with Gasteiger partial charge in [-0.25, -0.2) is 0 Å². The zero-order valence-electron chi connectivity index (χ0n) is 11.8. The molecule has 1 aliphatic rings. The molecule has 3 nitrogen and oxygen atoms in total. The molecule has 0 amide bonds. The zero-order valence-corrected chi connectivity index (χ0v) is 11.8. The Morgan fingerprint density at radius 3 is 2.26 bits per heavy atom. The van der Waals surface area contributed by atoms with E-state index in [2.05, 4.69) is 44.8 Å². The van der Waals surface area contributed by atoms with Crippen LogP contribution in [0.5, 0.6) is 0 Å². The summed E-state index contributed by atoms with van der Waals surface area (Å²) in [5, 5.41) is 2.24. The van der Waals surface area contributed by atoms with Gasteiger partial charge in [0.25, 0.3) is 0 Å². The third-order valence-electron chi connectivity index (χ3n) is 4.21. The normalized spacial score (nSPS) is 20.9. The minimum Gasteiger partial charge on any atom is -0.399 e. The Morgan fingerprint density at radius 2 is 1.58 bits per heavy atom. The average Bonchev–Trinajstić information content (AvgIpc) is 2.58. The highest BCUT2D eigenvalue weighted by Gasteiger charge is 2.52. The maximum atomic E-state index is 6.10. The summed E-state index contributed by atoms with van der Waals surface area (Å²) in [6, 6.07) is 8.17. The van der Waals surface area contributed by atoms with Crippen LogP contribution in [0.25, 0.3) is 10.8 Å². The van der Waals surface area contributed by atoms with Crippen molar-refractivity contribution in [3.8, 4) is 0 Å². The first-order valence-electron chi connectivity index (χ1n) is 6.59. The second-order valence-corrected chi connectivity index (χ2v) is 6.04.